The van der Waals surface area contributed by atoms with E-state index in [9.17, 15) is 24.0 Å². The van der Waals surface area contributed by atoms with Crippen molar-refractivity contribution in [1.29, 1.82) is 0 Å². The van der Waals surface area contributed by atoms with Gasteiger partial charge in [0.2, 0.25) is 0 Å². The highest BCUT2D eigenvalue weighted by atomic mass is 16.5. The summed E-state index contributed by atoms with van der Waals surface area (Å²) in [6.45, 7) is 15.3. The number of benzene rings is 3. The quantitative estimate of drug-likeness (QED) is 0.0943. The van der Waals surface area contributed by atoms with E-state index in [1.54, 1.807) is 36.4 Å². The molecule has 2 aliphatic rings. The number of imide groups is 1. The molecule has 0 radical (unpaired) electrons. The van der Waals surface area contributed by atoms with E-state index in [-0.39, 0.29) is 22.1 Å². The van der Waals surface area contributed by atoms with Crippen molar-refractivity contribution in [3.8, 4) is 11.5 Å². The van der Waals surface area contributed by atoms with Crippen molar-refractivity contribution in [2.45, 2.75) is 110 Å². The van der Waals surface area contributed by atoms with Gasteiger partial charge in [0.1, 0.15) is 17.5 Å². The van der Waals surface area contributed by atoms with Crippen molar-refractivity contribution < 1.29 is 33.4 Å². The van der Waals surface area contributed by atoms with Gasteiger partial charge in [-0.25, -0.2) is 9.69 Å². The molecule has 282 valence electrons. The number of hydrogen-bond donors (Lipinski definition) is 2. The summed E-state index contributed by atoms with van der Waals surface area (Å²) in [6, 6.07) is 15.8. The molecule has 53 heavy (non-hydrogen) atoms. The Morgan fingerprint density at radius 2 is 1.57 bits per heavy atom. The van der Waals surface area contributed by atoms with Crippen molar-refractivity contribution in [1.82, 2.24) is 9.80 Å². The molecule has 11 heteroatoms. The number of urea groups is 1. The maximum atomic E-state index is 14.3. The van der Waals surface area contributed by atoms with Crippen LogP contribution in [-0.2, 0) is 25.2 Å². The number of anilines is 2. The van der Waals surface area contributed by atoms with E-state index in [0.29, 0.717) is 43.0 Å². The molecule has 11 nitrogen and oxygen atoms in total. The van der Waals surface area contributed by atoms with Crippen LogP contribution >= 0.6 is 0 Å². The number of rotatable bonds is 15. The minimum atomic E-state index is -1.80. The number of Topliss-reactive ketones (excluding diaryl/α,β-unsaturated/α-hetero) is 1. The van der Waals surface area contributed by atoms with Gasteiger partial charge in [-0.15, -0.1) is 0 Å². The summed E-state index contributed by atoms with van der Waals surface area (Å²) in [4.78, 5) is 71.2. The molecule has 2 heterocycles. The second-order valence-electron chi connectivity index (χ2n) is 15.1. The summed E-state index contributed by atoms with van der Waals surface area (Å²) in [6.07, 6.45) is 2.48. The summed E-state index contributed by atoms with van der Waals surface area (Å²) in [5, 5.41) is 5.57. The van der Waals surface area contributed by atoms with Gasteiger partial charge in [0.25, 0.3) is 17.7 Å². The zero-order valence-electron chi connectivity index (χ0n) is 32.1. The van der Waals surface area contributed by atoms with Crippen LogP contribution in [0.4, 0.5) is 16.2 Å². The highest BCUT2D eigenvalue weighted by Gasteiger charge is 2.53. The predicted octanol–water partition coefficient (Wildman–Crippen LogP) is 7.48. The van der Waals surface area contributed by atoms with Gasteiger partial charge in [-0.2, -0.15) is 0 Å². The fourth-order valence-electron chi connectivity index (χ4n) is 6.77. The van der Waals surface area contributed by atoms with Gasteiger partial charge >= 0.3 is 6.03 Å². The van der Waals surface area contributed by atoms with Gasteiger partial charge in [0.15, 0.2) is 17.9 Å². The highest BCUT2D eigenvalue weighted by Crippen LogP contribution is 2.39. The van der Waals surface area contributed by atoms with Gasteiger partial charge in [0.05, 0.1) is 12.8 Å². The average Bonchev–Trinajstić information content (AvgIpc) is 3.73. The van der Waals surface area contributed by atoms with Crippen LogP contribution in [0.3, 0.4) is 0 Å². The van der Waals surface area contributed by atoms with Crippen LogP contribution in [-0.4, -0.2) is 71.2 Å². The number of ketones is 1. The summed E-state index contributed by atoms with van der Waals surface area (Å²) in [5.74, 6) is -1.66. The average molecular weight is 725 g/mol. The van der Waals surface area contributed by atoms with Crippen molar-refractivity contribution in [3.63, 3.8) is 0 Å². The molecule has 2 aliphatic heterocycles. The molecule has 3 aromatic carbocycles. The van der Waals surface area contributed by atoms with Gasteiger partial charge in [-0.05, 0) is 78.8 Å². The molecule has 0 spiro atoms. The second kappa shape index (κ2) is 15.8. The molecule has 5 rings (SSSR count). The van der Waals surface area contributed by atoms with Crippen LogP contribution in [0.15, 0.2) is 66.7 Å². The van der Waals surface area contributed by atoms with Crippen molar-refractivity contribution in [2.24, 2.45) is 0 Å². The fourth-order valence-corrected chi connectivity index (χ4v) is 6.77. The van der Waals surface area contributed by atoms with Crippen molar-refractivity contribution >= 4 is 40.9 Å². The van der Waals surface area contributed by atoms with Gasteiger partial charge in [0, 0.05) is 23.4 Å². The van der Waals surface area contributed by atoms with Crippen LogP contribution in [0, 0.1) is 0 Å². The first kappa shape index (κ1) is 39.0. The number of nitrogens with one attached hydrogen (secondary N) is 2. The lowest BCUT2D eigenvalue weighted by molar-refractivity contribution is -0.133. The SMILES string of the molecule is CCC(Oc1ccc(C(C)(C)CC)cc1C(C)(C)CC)C(=O)Nc1cccc(C(=O)C(C(=O)Nc2ccccc2OC)N2C(=O)C3CCCN3C2=O)c1. The van der Waals surface area contributed by atoms with E-state index in [1.807, 2.05) is 13.0 Å². The molecule has 2 fully saturated rings. The van der Waals surface area contributed by atoms with E-state index in [0.717, 1.165) is 23.3 Å². The predicted molar refractivity (Wildman–Crippen MR) is 205 cm³/mol. The Bertz CT molecular complexity index is 1860. The molecule has 0 bridgehead atoms. The summed E-state index contributed by atoms with van der Waals surface area (Å²) in [7, 11) is 1.44. The van der Waals surface area contributed by atoms with Gasteiger partial charge < -0.3 is 25.0 Å². The number of methoxy groups -OCH3 is 1. The molecule has 0 aromatic heterocycles. The fraction of sp³-hybridized carbons (Fsp3) is 0.452. The van der Waals surface area contributed by atoms with Gasteiger partial charge in [-0.3, -0.25) is 19.2 Å². The molecule has 5 amide bonds. The number of ether oxygens (including phenoxy) is 2. The number of fused-ring (bicyclic) bond motifs is 1. The maximum absolute atomic E-state index is 14.3. The lowest BCUT2D eigenvalue weighted by atomic mass is 9.76. The largest absolute Gasteiger partial charge is 0.495 e. The molecule has 2 N–H and O–H groups in total. The Hall–Kier alpha value is -5.19. The first-order chi connectivity index (χ1) is 25.2. The first-order valence-electron chi connectivity index (χ1n) is 18.5. The molecule has 0 aliphatic carbocycles. The molecule has 2 saturated heterocycles. The molecule has 3 unspecified atom stereocenters. The molecule has 3 atom stereocenters. The van der Waals surface area contributed by atoms with Crippen molar-refractivity contribution in [3.05, 3.63) is 83.4 Å². The van der Waals surface area contributed by atoms with E-state index in [1.165, 1.54) is 29.7 Å². The van der Waals surface area contributed by atoms with Crippen LogP contribution in [0.5, 0.6) is 11.5 Å². The van der Waals surface area contributed by atoms with Crippen LogP contribution in [0.25, 0.3) is 0 Å². The minimum absolute atomic E-state index is 0.0267. The molecule has 0 saturated carbocycles. The third-order valence-corrected chi connectivity index (χ3v) is 11.0. The highest BCUT2D eigenvalue weighted by molar-refractivity contribution is 6.22. The van der Waals surface area contributed by atoms with Crippen LogP contribution < -0.4 is 20.1 Å². The molecular weight excluding hydrogens is 672 g/mol. The smallest absolute Gasteiger partial charge is 0.328 e. The Morgan fingerprint density at radius 1 is 0.849 bits per heavy atom. The first-order valence-corrected chi connectivity index (χ1v) is 18.5. The van der Waals surface area contributed by atoms with Crippen LogP contribution in [0.2, 0.25) is 0 Å². The summed E-state index contributed by atoms with van der Waals surface area (Å²) in [5.41, 5.74) is 2.60. The lowest BCUT2D eigenvalue weighted by Gasteiger charge is -2.31. The number of carbonyl (C=O) groups excluding carboxylic acids is 5. The topological polar surface area (TPSA) is 134 Å². The normalized spacial score (nSPS) is 16.9. The Morgan fingerprint density at radius 3 is 2.23 bits per heavy atom. The van der Waals surface area contributed by atoms with Gasteiger partial charge in [-0.1, -0.05) is 84.9 Å². The van der Waals surface area contributed by atoms with Crippen molar-refractivity contribution in [2.75, 3.05) is 24.3 Å². The number of amides is 5. The second-order valence-corrected chi connectivity index (χ2v) is 15.1. The summed E-state index contributed by atoms with van der Waals surface area (Å²) >= 11 is 0. The molecule has 3 aromatic rings. The number of nitrogens with zero attached hydrogens (tertiary/aromatic N) is 2. The number of para-hydroxylation sites is 2. The number of hydrogen-bond acceptors (Lipinski definition) is 7. The Balaban J connectivity index is 1.41. The monoisotopic (exact) mass is 724 g/mol. The third kappa shape index (κ3) is 7.94. The minimum Gasteiger partial charge on any atom is -0.495 e. The maximum Gasteiger partial charge on any atom is 0.328 e. The van der Waals surface area contributed by atoms with E-state index in [2.05, 4.69) is 64.3 Å². The van der Waals surface area contributed by atoms with E-state index in [4.69, 9.17) is 9.47 Å². The summed E-state index contributed by atoms with van der Waals surface area (Å²) < 4.78 is 11.8. The number of carbonyl (C=O) groups is 5. The van der Waals surface area contributed by atoms with Crippen LogP contribution in [0.1, 0.15) is 102 Å². The zero-order valence-corrected chi connectivity index (χ0v) is 32.1. The Labute approximate surface area is 312 Å². The standard InChI is InChI=1S/C42H52N4O7/c1-9-32(53-33-22-21-27(41(4,5)10-2)25-29(33)42(6,7)11-3)37(48)43-28-17-14-16-26(24-28)36(47)35(38(49)44-30-18-12-13-20-34(30)52-8)46-39(50)31-19-15-23-45(31)40(46)51/h12-14,16-18,20-22,24-25,31-32,35H,9-11,15,19,23H2,1-8H3,(H,43,48)(H,44,49). The zero-order chi connectivity index (χ0) is 38.7. The Kier molecular flexibility index (Phi) is 11.6. The lowest BCUT2D eigenvalue weighted by Crippen LogP contribution is -2.53. The van der Waals surface area contributed by atoms with E-state index >= 15 is 0 Å². The third-order valence-electron chi connectivity index (χ3n) is 11.0. The molecular formula is C42H52N4O7. The van der Waals surface area contributed by atoms with E-state index < -0.39 is 47.7 Å².